The molecule has 0 saturated carbocycles. The average molecular weight is 383 g/mol. The van der Waals surface area contributed by atoms with Crippen LogP contribution in [-0.2, 0) is 10.5 Å². The minimum absolute atomic E-state index is 0.00582. The van der Waals surface area contributed by atoms with Crippen LogP contribution < -0.4 is 5.32 Å². The molecule has 3 rings (SSSR count). The fraction of sp³-hybridized carbons (Fsp3) is 0.364. The first kappa shape index (κ1) is 19.5. The van der Waals surface area contributed by atoms with Gasteiger partial charge >= 0.3 is 0 Å². The van der Waals surface area contributed by atoms with E-state index in [4.69, 9.17) is 0 Å². The molecule has 2 amide bonds. The topological polar surface area (TPSA) is 49.4 Å². The van der Waals surface area contributed by atoms with Crippen LogP contribution in [0.5, 0.6) is 0 Å². The van der Waals surface area contributed by atoms with Gasteiger partial charge in [0.2, 0.25) is 5.91 Å². The number of amides is 2. The van der Waals surface area contributed by atoms with Crippen LogP contribution >= 0.6 is 11.8 Å². The summed E-state index contributed by atoms with van der Waals surface area (Å²) in [5.41, 5.74) is 4.89. The fourth-order valence-electron chi connectivity index (χ4n) is 3.47. The van der Waals surface area contributed by atoms with Gasteiger partial charge in [0.1, 0.15) is 0 Å². The number of likely N-dealkylation sites (tertiary alicyclic amines) is 1. The first-order valence-corrected chi connectivity index (χ1v) is 10.5. The molecule has 2 aromatic carbocycles. The molecule has 4 nitrogen and oxygen atoms in total. The summed E-state index contributed by atoms with van der Waals surface area (Å²) in [6, 6.07) is 13.7. The largest absolute Gasteiger partial charge is 0.339 e. The van der Waals surface area contributed by atoms with E-state index in [1.165, 1.54) is 16.7 Å². The highest BCUT2D eigenvalue weighted by molar-refractivity contribution is 7.99. The van der Waals surface area contributed by atoms with Crippen molar-refractivity contribution in [1.82, 2.24) is 4.90 Å². The van der Waals surface area contributed by atoms with Crippen molar-refractivity contribution in [3.63, 3.8) is 0 Å². The number of benzene rings is 2. The van der Waals surface area contributed by atoms with Gasteiger partial charge in [0.05, 0.1) is 17.0 Å². The van der Waals surface area contributed by atoms with Crippen LogP contribution in [0.4, 0.5) is 5.69 Å². The lowest BCUT2D eigenvalue weighted by Gasteiger charge is -2.18. The molecular weight excluding hydrogens is 356 g/mol. The van der Waals surface area contributed by atoms with Gasteiger partial charge in [-0.25, -0.2) is 0 Å². The number of rotatable bonds is 6. The zero-order valence-corrected chi connectivity index (χ0v) is 16.8. The van der Waals surface area contributed by atoms with Crippen molar-refractivity contribution in [2.45, 2.75) is 32.4 Å². The van der Waals surface area contributed by atoms with Gasteiger partial charge < -0.3 is 10.2 Å². The average Bonchev–Trinajstić information content (AvgIpc) is 3.15. The molecule has 2 aromatic rings. The van der Waals surface area contributed by atoms with E-state index in [0.717, 1.165) is 31.7 Å². The van der Waals surface area contributed by atoms with Gasteiger partial charge in [0.25, 0.3) is 5.91 Å². The smallest absolute Gasteiger partial charge is 0.255 e. The highest BCUT2D eigenvalue weighted by Gasteiger charge is 2.22. The molecule has 1 saturated heterocycles. The van der Waals surface area contributed by atoms with Gasteiger partial charge in [-0.05, 0) is 44.4 Å². The predicted octanol–water partition coefficient (Wildman–Crippen LogP) is 4.41. The van der Waals surface area contributed by atoms with Gasteiger partial charge in [-0.1, -0.05) is 41.5 Å². The van der Waals surface area contributed by atoms with Crippen LogP contribution in [0.3, 0.4) is 0 Å². The van der Waals surface area contributed by atoms with Crippen molar-refractivity contribution < 1.29 is 9.59 Å². The second kappa shape index (κ2) is 9.09. The number of hydrogen-bond donors (Lipinski definition) is 1. The van der Waals surface area contributed by atoms with Crippen molar-refractivity contribution in [2.24, 2.45) is 0 Å². The first-order valence-electron chi connectivity index (χ1n) is 9.36. The van der Waals surface area contributed by atoms with Gasteiger partial charge in [-0.2, -0.15) is 0 Å². The number of carbonyl (C=O) groups is 2. The van der Waals surface area contributed by atoms with Crippen molar-refractivity contribution in [3.8, 4) is 0 Å². The zero-order valence-electron chi connectivity index (χ0n) is 16.0. The van der Waals surface area contributed by atoms with Gasteiger partial charge in [-0.3, -0.25) is 9.59 Å². The summed E-state index contributed by atoms with van der Waals surface area (Å²) in [4.78, 5) is 26.9. The summed E-state index contributed by atoms with van der Waals surface area (Å²) in [5.74, 6) is 1.08. The minimum atomic E-state index is -0.0777. The zero-order chi connectivity index (χ0) is 19.2. The third-order valence-corrected chi connectivity index (χ3v) is 5.61. The summed E-state index contributed by atoms with van der Waals surface area (Å²) in [5, 5.41) is 2.92. The Morgan fingerprint density at radius 2 is 1.70 bits per heavy atom. The standard InChI is InChI=1S/C22H26N2O2S/c1-16-11-17(2)13-18(12-16)14-27-15-21(25)23-20-8-4-3-7-19(20)22(26)24-9-5-6-10-24/h3-4,7-8,11-13H,5-6,9-10,14-15H2,1-2H3,(H,23,25). The van der Waals surface area contributed by atoms with E-state index in [2.05, 4.69) is 37.4 Å². The lowest BCUT2D eigenvalue weighted by molar-refractivity contribution is -0.113. The molecule has 0 radical (unpaired) electrons. The van der Waals surface area contributed by atoms with Gasteiger partial charge in [0, 0.05) is 18.8 Å². The summed E-state index contributed by atoms with van der Waals surface area (Å²) in [6.07, 6.45) is 2.10. The number of nitrogens with one attached hydrogen (secondary N) is 1. The molecule has 0 bridgehead atoms. The molecule has 0 aromatic heterocycles. The van der Waals surface area contributed by atoms with Crippen molar-refractivity contribution in [2.75, 3.05) is 24.2 Å². The monoisotopic (exact) mass is 382 g/mol. The Morgan fingerprint density at radius 3 is 2.41 bits per heavy atom. The molecule has 1 N–H and O–H groups in total. The Labute approximate surface area is 165 Å². The molecule has 1 aliphatic heterocycles. The minimum Gasteiger partial charge on any atom is -0.339 e. The Bertz CT molecular complexity index is 809. The number of nitrogens with zero attached hydrogens (tertiary/aromatic N) is 1. The van der Waals surface area contributed by atoms with E-state index in [1.54, 1.807) is 23.9 Å². The van der Waals surface area contributed by atoms with Crippen molar-refractivity contribution in [1.29, 1.82) is 0 Å². The summed E-state index contributed by atoms with van der Waals surface area (Å²) in [6.45, 7) is 5.77. The summed E-state index contributed by atoms with van der Waals surface area (Å²) < 4.78 is 0. The van der Waals surface area contributed by atoms with Crippen LogP contribution in [-0.4, -0.2) is 35.6 Å². The number of anilines is 1. The lowest BCUT2D eigenvalue weighted by atomic mass is 10.1. The molecule has 5 heteroatoms. The highest BCUT2D eigenvalue weighted by Crippen LogP contribution is 2.21. The maximum absolute atomic E-state index is 12.7. The third-order valence-electron chi connectivity index (χ3n) is 4.61. The summed E-state index contributed by atoms with van der Waals surface area (Å²) in [7, 11) is 0. The number of hydrogen-bond acceptors (Lipinski definition) is 3. The molecule has 1 fully saturated rings. The molecule has 0 unspecified atom stereocenters. The van der Waals surface area contributed by atoms with Crippen LogP contribution in [0.2, 0.25) is 0 Å². The van der Waals surface area contributed by atoms with Crippen LogP contribution in [0, 0.1) is 13.8 Å². The van der Waals surface area contributed by atoms with Gasteiger partial charge in [-0.15, -0.1) is 11.8 Å². The van der Waals surface area contributed by atoms with E-state index < -0.39 is 0 Å². The first-order chi connectivity index (χ1) is 13.0. The lowest BCUT2D eigenvalue weighted by Crippen LogP contribution is -2.29. The SMILES string of the molecule is Cc1cc(C)cc(CSCC(=O)Nc2ccccc2C(=O)N2CCCC2)c1. The Kier molecular flexibility index (Phi) is 6.56. The van der Waals surface area contributed by atoms with Crippen LogP contribution in [0.1, 0.15) is 39.9 Å². The number of thioether (sulfide) groups is 1. The van der Waals surface area contributed by atoms with Crippen LogP contribution in [0.25, 0.3) is 0 Å². The molecule has 1 aliphatic rings. The number of para-hydroxylation sites is 1. The van der Waals surface area contributed by atoms with E-state index in [9.17, 15) is 9.59 Å². The molecule has 142 valence electrons. The highest BCUT2D eigenvalue weighted by atomic mass is 32.2. The van der Waals surface area contributed by atoms with Crippen molar-refractivity contribution >= 4 is 29.3 Å². The predicted molar refractivity (Wildman–Crippen MR) is 112 cm³/mol. The third kappa shape index (κ3) is 5.36. The molecule has 1 heterocycles. The Balaban J connectivity index is 1.57. The molecule has 27 heavy (non-hydrogen) atoms. The molecular formula is C22H26N2O2S. The van der Waals surface area contributed by atoms with Gasteiger partial charge in [0.15, 0.2) is 0 Å². The number of carbonyl (C=O) groups excluding carboxylic acids is 2. The maximum Gasteiger partial charge on any atom is 0.255 e. The molecule has 0 atom stereocenters. The van der Waals surface area contributed by atoms with E-state index in [1.807, 2.05) is 17.0 Å². The quantitative estimate of drug-likeness (QED) is 0.805. The summed E-state index contributed by atoms with van der Waals surface area (Å²) >= 11 is 1.58. The van der Waals surface area contributed by atoms with E-state index in [-0.39, 0.29) is 11.8 Å². The fourth-order valence-corrected chi connectivity index (χ4v) is 4.23. The van der Waals surface area contributed by atoms with Crippen molar-refractivity contribution in [3.05, 3.63) is 64.7 Å². The van der Waals surface area contributed by atoms with E-state index in [0.29, 0.717) is 17.0 Å². The molecule has 0 aliphatic carbocycles. The number of aryl methyl sites for hydroxylation is 2. The molecule has 0 spiro atoms. The Morgan fingerprint density at radius 1 is 1.04 bits per heavy atom. The maximum atomic E-state index is 12.7. The normalized spacial score (nSPS) is 13.6. The van der Waals surface area contributed by atoms with E-state index >= 15 is 0 Å². The Hall–Kier alpha value is -2.27. The second-order valence-corrected chi connectivity index (χ2v) is 8.07. The second-order valence-electron chi connectivity index (χ2n) is 7.08. The van der Waals surface area contributed by atoms with Crippen LogP contribution in [0.15, 0.2) is 42.5 Å².